The highest BCUT2D eigenvalue weighted by Crippen LogP contribution is 2.32. The van der Waals surface area contributed by atoms with E-state index in [1.807, 2.05) is 18.2 Å². The first-order valence-electron chi connectivity index (χ1n) is 7.36. The molecule has 1 amide bonds. The summed E-state index contributed by atoms with van der Waals surface area (Å²) in [5.74, 6) is 0.168. The quantitative estimate of drug-likeness (QED) is 0.850. The number of hydrogen-bond acceptors (Lipinski definition) is 4. The minimum Gasteiger partial charge on any atom is -0.346 e. The second-order valence-electron chi connectivity index (χ2n) is 5.46. The SMILES string of the molecule is NCC(NC(=O)c1ccc(=O)n(-c2ccccc2)n1)C1CC1. The van der Waals surface area contributed by atoms with Crippen molar-refractivity contribution in [3.05, 3.63) is 58.5 Å². The monoisotopic (exact) mass is 298 g/mol. The molecule has 0 spiro atoms. The lowest BCUT2D eigenvalue weighted by Gasteiger charge is -2.15. The molecular weight excluding hydrogens is 280 g/mol. The fraction of sp³-hybridized carbons (Fsp3) is 0.312. The molecule has 0 radical (unpaired) electrons. The molecule has 1 heterocycles. The van der Waals surface area contributed by atoms with E-state index in [0.29, 0.717) is 18.2 Å². The molecular formula is C16H18N4O2. The van der Waals surface area contributed by atoms with Crippen molar-refractivity contribution in [2.45, 2.75) is 18.9 Å². The molecule has 1 fully saturated rings. The largest absolute Gasteiger partial charge is 0.346 e. The number of carbonyl (C=O) groups is 1. The predicted molar refractivity (Wildman–Crippen MR) is 82.9 cm³/mol. The van der Waals surface area contributed by atoms with Gasteiger partial charge in [0.25, 0.3) is 11.5 Å². The lowest BCUT2D eigenvalue weighted by atomic mass is 10.2. The van der Waals surface area contributed by atoms with Crippen LogP contribution in [0.1, 0.15) is 23.3 Å². The number of benzene rings is 1. The third-order valence-electron chi connectivity index (χ3n) is 3.80. The van der Waals surface area contributed by atoms with Gasteiger partial charge < -0.3 is 11.1 Å². The highest BCUT2D eigenvalue weighted by molar-refractivity contribution is 5.92. The second-order valence-corrected chi connectivity index (χ2v) is 5.46. The smallest absolute Gasteiger partial charge is 0.272 e. The van der Waals surface area contributed by atoms with Crippen LogP contribution in [-0.2, 0) is 0 Å². The molecule has 1 saturated carbocycles. The second kappa shape index (κ2) is 6.11. The van der Waals surface area contributed by atoms with Crippen LogP contribution in [0.4, 0.5) is 0 Å². The molecule has 6 nitrogen and oxygen atoms in total. The molecule has 1 aliphatic rings. The summed E-state index contributed by atoms with van der Waals surface area (Å²) in [4.78, 5) is 24.2. The van der Waals surface area contributed by atoms with E-state index in [1.165, 1.54) is 16.8 Å². The van der Waals surface area contributed by atoms with Gasteiger partial charge in [0.2, 0.25) is 0 Å². The first kappa shape index (κ1) is 14.5. The van der Waals surface area contributed by atoms with Crippen molar-refractivity contribution in [2.24, 2.45) is 11.7 Å². The molecule has 22 heavy (non-hydrogen) atoms. The van der Waals surface area contributed by atoms with Crippen molar-refractivity contribution < 1.29 is 4.79 Å². The molecule has 0 saturated heterocycles. The lowest BCUT2D eigenvalue weighted by molar-refractivity contribution is 0.0926. The Morgan fingerprint density at radius 3 is 2.64 bits per heavy atom. The Balaban J connectivity index is 1.85. The summed E-state index contributed by atoms with van der Waals surface area (Å²) in [6.45, 7) is 0.411. The zero-order valence-electron chi connectivity index (χ0n) is 12.1. The van der Waals surface area contributed by atoms with Gasteiger partial charge in [0.15, 0.2) is 0 Å². The average molecular weight is 298 g/mol. The van der Waals surface area contributed by atoms with Crippen LogP contribution in [0.25, 0.3) is 5.69 Å². The molecule has 0 aliphatic heterocycles. The fourth-order valence-electron chi connectivity index (χ4n) is 2.40. The molecule has 3 rings (SSSR count). The van der Waals surface area contributed by atoms with E-state index in [1.54, 1.807) is 12.1 Å². The number of para-hydroxylation sites is 1. The van der Waals surface area contributed by atoms with Gasteiger partial charge in [0.1, 0.15) is 5.69 Å². The van der Waals surface area contributed by atoms with Crippen LogP contribution >= 0.6 is 0 Å². The molecule has 0 bridgehead atoms. The number of nitrogens with two attached hydrogens (primary N) is 1. The van der Waals surface area contributed by atoms with Crippen LogP contribution < -0.4 is 16.6 Å². The summed E-state index contributed by atoms with van der Waals surface area (Å²) in [6.07, 6.45) is 2.19. The summed E-state index contributed by atoms with van der Waals surface area (Å²) >= 11 is 0. The number of hydrogen-bond donors (Lipinski definition) is 2. The number of nitrogens with zero attached hydrogens (tertiary/aromatic N) is 2. The maximum absolute atomic E-state index is 12.3. The highest BCUT2D eigenvalue weighted by Gasteiger charge is 2.31. The summed E-state index contributed by atoms with van der Waals surface area (Å²) < 4.78 is 1.23. The van der Waals surface area contributed by atoms with Gasteiger partial charge in [-0.15, -0.1) is 0 Å². The van der Waals surface area contributed by atoms with Gasteiger partial charge in [-0.1, -0.05) is 18.2 Å². The van der Waals surface area contributed by atoms with Crippen LogP contribution in [0.5, 0.6) is 0 Å². The van der Waals surface area contributed by atoms with E-state index < -0.39 is 0 Å². The first-order valence-corrected chi connectivity index (χ1v) is 7.36. The molecule has 3 N–H and O–H groups in total. The Bertz CT molecular complexity index is 722. The van der Waals surface area contributed by atoms with Crippen molar-refractivity contribution in [3.8, 4) is 5.69 Å². The number of rotatable bonds is 5. The Kier molecular flexibility index (Phi) is 4.02. The maximum Gasteiger partial charge on any atom is 0.272 e. The molecule has 6 heteroatoms. The minimum absolute atomic E-state index is 0.0218. The van der Waals surface area contributed by atoms with E-state index in [9.17, 15) is 9.59 Å². The third kappa shape index (κ3) is 3.07. The molecule has 1 aromatic heterocycles. The van der Waals surface area contributed by atoms with E-state index in [0.717, 1.165) is 12.8 Å². The van der Waals surface area contributed by atoms with E-state index in [-0.39, 0.29) is 23.2 Å². The van der Waals surface area contributed by atoms with Crippen LogP contribution in [0.15, 0.2) is 47.3 Å². The first-order chi connectivity index (χ1) is 10.7. The van der Waals surface area contributed by atoms with Gasteiger partial charge in [0.05, 0.1) is 5.69 Å². The zero-order valence-corrected chi connectivity index (χ0v) is 12.1. The third-order valence-corrected chi connectivity index (χ3v) is 3.80. The number of aromatic nitrogens is 2. The van der Waals surface area contributed by atoms with Crippen LogP contribution in [0, 0.1) is 5.92 Å². The molecule has 1 atom stereocenters. The summed E-state index contributed by atoms with van der Waals surface area (Å²) in [5, 5.41) is 7.06. The van der Waals surface area contributed by atoms with Crippen molar-refractivity contribution in [3.63, 3.8) is 0 Å². The van der Waals surface area contributed by atoms with Gasteiger partial charge >= 0.3 is 0 Å². The van der Waals surface area contributed by atoms with Gasteiger partial charge in [-0.25, -0.2) is 0 Å². The van der Waals surface area contributed by atoms with Crippen molar-refractivity contribution in [2.75, 3.05) is 6.54 Å². The lowest BCUT2D eigenvalue weighted by Crippen LogP contribution is -2.42. The van der Waals surface area contributed by atoms with Crippen molar-refractivity contribution >= 4 is 5.91 Å². The van der Waals surface area contributed by atoms with Gasteiger partial charge in [0, 0.05) is 18.7 Å². The molecule has 2 aromatic rings. The van der Waals surface area contributed by atoms with Crippen LogP contribution in [-0.4, -0.2) is 28.3 Å². The van der Waals surface area contributed by atoms with E-state index in [2.05, 4.69) is 10.4 Å². The van der Waals surface area contributed by atoms with Crippen molar-refractivity contribution in [1.29, 1.82) is 0 Å². The minimum atomic E-state index is -0.299. The molecule has 1 aromatic carbocycles. The summed E-state index contributed by atoms with van der Waals surface area (Å²) in [7, 11) is 0. The Hall–Kier alpha value is -2.47. The van der Waals surface area contributed by atoms with Crippen LogP contribution in [0.3, 0.4) is 0 Å². The van der Waals surface area contributed by atoms with E-state index in [4.69, 9.17) is 5.73 Å². The number of nitrogens with one attached hydrogen (secondary N) is 1. The zero-order chi connectivity index (χ0) is 15.5. The fourth-order valence-corrected chi connectivity index (χ4v) is 2.40. The highest BCUT2D eigenvalue weighted by atomic mass is 16.2. The Labute approximate surface area is 128 Å². The topological polar surface area (TPSA) is 90.0 Å². The van der Waals surface area contributed by atoms with Crippen LogP contribution in [0.2, 0.25) is 0 Å². The Morgan fingerprint density at radius 1 is 1.27 bits per heavy atom. The normalized spacial score (nSPS) is 15.3. The number of carbonyl (C=O) groups excluding carboxylic acids is 1. The molecule has 1 unspecified atom stereocenters. The molecule has 1 aliphatic carbocycles. The van der Waals surface area contributed by atoms with Gasteiger partial charge in [-0.2, -0.15) is 9.78 Å². The number of amides is 1. The molecule has 114 valence electrons. The van der Waals surface area contributed by atoms with E-state index >= 15 is 0 Å². The Morgan fingerprint density at radius 2 is 2.00 bits per heavy atom. The summed E-state index contributed by atoms with van der Waals surface area (Å²) in [6, 6.07) is 11.8. The standard InChI is InChI=1S/C16H18N4O2/c17-10-14(11-6-7-11)18-16(22)13-8-9-15(21)20(19-13)12-4-2-1-3-5-12/h1-5,8-9,11,14H,6-7,10,17H2,(H,18,22). The predicted octanol–water partition coefficient (Wildman–Crippen LogP) is 0.700. The van der Waals surface area contributed by atoms with Crippen molar-refractivity contribution in [1.82, 2.24) is 15.1 Å². The maximum atomic E-state index is 12.3. The van der Waals surface area contributed by atoms with Gasteiger partial charge in [-0.05, 0) is 37.0 Å². The average Bonchev–Trinajstić information content (AvgIpc) is 3.38. The van der Waals surface area contributed by atoms with Gasteiger partial charge in [-0.3, -0.25) is 9.59 Å². The summed E-state index contributed by atoms with van der Waals surface area (Å²) in [5.41, 5.74) is 6.25.